The molecule has 2 fully saturated rings. The molecule has 2 saturated heterocycles. The standard InChI is InChI=1S/C23H28FN3O2/c24-21-6-3-20(4-7-21)17-27-14-15-29-18-23(27)9-12-26(13-10-23)22(28)8-5-19-2-1-11-25-16-19/h1-4,6-7,11,16H,5,8-10,12-15,17-18H2. The van der Waals surface area contributed by atoms with E-state index in [-0.39, 0.29) is 17.3 Å². The van der Waals surface area contributed by atoms with Crippen molar-refractivity contribution in [3.05, 3.63) is 65.7 Å². The second kappa shape index (κ2) is 9.01. The highest BCUT2D eigenvalue weighted by Crippen LogP contribution is 2.33. The highest BCUT2D eigenvalue weighted by atomic mass is 19.1. The Balaban J connectivity index is 1.34. The lowest BCUT2D eigenvalue weighted by Gasteiger charge is -2.51. The maximum absolute atomic E-state index is 13.2. The molecule has 0 aliphatic carbocycles. The lowest BCUT2D eigenvalue weighted by molar-refractivity contribution is -0.139. The lowest BCUT2D eigenvalue weighted by Crippen LogP contribution is -2.61. The van der Waals surface area contributed by atoms with Crippen molar-refractivity contribution in [3.63, 3.8) is 0 Å². The molecule has 0 N–H and O–H groups in total. The van der Waals surface area contributed by atoms with E-state index in [0.717, 1.165) is 63.2 Å². The van der Waals surface area contributed by atoms with Crippen LogP contribution in [0, 0.1) is 5.82 Å². The summed E-state index contributed by atoms with van der Waals surface area (Å²) in [5.41, 5.74) is 2.18. The van der Waals surface area contributed by atoms with Crippen molar-refractivity contribution in [2.24, 2.45) is 0 Å². The first kappa shape index (κ1) is 20.0. The van der Waals surface area contributed by atoms with Crippen LogP contribution < -0.4 is 0 Å². The Morgan fingerprint density at radius 1 is 1.10 bits per heavy atom. The van der Waals surface area contributed by atoms with Crippen LogP contribution in [-0.2, 0) is 22.5 Å². The molecule has 0 saturated carbocycles. The Morgan fingerprint density at radius 3 is 2.62 bits per heavy atom. The van der Waals surface area contributed by atoms with Crippen molar-refractivity contribution < 1.29 is 13.9 Å². The largest absolute Gasteiger partial charge is 0.378 e. The molecule has 3 heterocycles. The second-order valence-electron chi connectivity index (χ2n) is 8.07. The van der Waals surface area contributed by atoms with Gasteiger partial charge in [-0.15, -0.1) is 0 Å². The summed E-state index contributed by atoms with van der Waals surface area (Å²) in [7, 11) is 0. The summed E-state index contributed by atoms with van der Waals surface area (Å²) in [6, 6.07) is 10.7. The zero-order valence-corrected chi connectivity index (χ0v) is 16.7. The number of aromatic nitrogens is 1. The third kappa shape index (κ3) is 4.82. The quantitative estimate of drug-likeness (QED) is 0.778. The number of carbonyl (C=O) groups excluding carboxylic acids is 1. The fraction of sp³-hybridized carbons (Fsp3) is 0.478. The van der Waals surface area contributed by atoms with Gasteiger partial charge in [-0.25, -0.2) is 4.39 Å². The zero-order chi connectivity index (χ0) is 20.1. The summed E-state index contributed by atoms with van der Waals surface area (Å²) < 4.78 is 19.1. The first-order chi connectivity index (χ1) is 14.1. The lowest BCUT2D eigenvalue weighted by atomic mass is 9.84. The van der Waals surface area contributed by atoms with Crippen LogP contribution >= 0.6 is 0 Å². The van der Waals surface area contributed by atoms with Crippen molar-refractivity contribution in [2.75, 3.05) is 32.8 Å². The van der Waals surface area contributed by atoms with E-state index in [1.54, 1.807) is 6.20 Å². The van der Waals surface area contributed by atoms with Crippen LogP contribution in [0.3, 0.4) is 0 Å². The molecule has 0 radical (unpaired) electrons. The molecule has 1 aromatic carbocycles. The van der Waals surface area contributed by atoms with Gasteiger partial charge < -0.3 is 9.64 Å². The third-order valence-corrected chi connectivity index (χ3v) is 6.23. The molecular formula is C23H28FN3O2. The topological polar surface area (TPSA) is 45.7 Å². The summed E-state index contributed by atoms with van der Waals surface area (Å²) in [5, 5.41) is 0. The van der Waals surface area contributed by atoms with Crippen LogP contribution in [-0.4, -0.2) is 59.1 Å². The Labute approximate surface area is 171 Å². The number of aryl methyl sites for hydroxylation is 1. The number of hydrogen-bond acceptors (Lipinski definition) is 4. The SMILES string of the molecule is O=C(CCc1cccnc1)N1CCC2(CC1)COCCN2Cc1ccc(F)cc1. The predicted octanol–water partition coefficient (Wildman–Crippen LogP) is 3.05. The number of pyridine rings is 1. The molecule has 6 heteroatoms. The number of hydrogen-bond donors (Lipinski definition) is 0. The van der Waals surface area contributed by atoms with Gasteiger partial charge in [-0.1, -0.05) is 18.2 Å². The number of amides is 1. The van der Waals surface area contributed by atoms with E-state index in [2.05, 4.69) is 9.88 Å². The molecule has 2 aliphatic heterocycles. The first-order valence-electron chi connectivity index (χ1n) is 10.4. The van der Waals surface area contributed by atoms with E-state index in [4.69, 9.17) is 4.74 Å². The zero-order valence-electron chi connectivity index (χ0n) is 16.7. The number of rotatable bonds is 5. The summed E-state index contributed by atoms with van der Waals surface area (Å²) in [6.45, 7) is 4.60. The minimum absolute atomic E-state index is 0.0350. The van der Waals surface area contributed by atoms with E-state index >= 15 is 0 Å². The Kier molecular flexibility index (Phi) is 6.21. The number of morpholine rings is 1. The van der Waals surface area contributed by atoms with Gasteiger partial charge in [0.25, 0.3) is 0 Å². The van der Waals surface area contributed by atoms with Crippen molar-refractivity contribution in [1.82, 2.24) is 14.8 Å². The number of nitrogens with zero attached hydrogens (tertiary/aromatic N) is 3. The van der Waals surface area contributed by atoms with Crippen LogP contribution in [0.25, 0.3) is 0 Å². The average Bonchev–Trinajstić information content (AvgIpc) is 2.76. The van der Waals surface area contributed by atoms with Crippen LogP contribution in [0.4, 0.5) is 4.39 Å². The van der Waals surface area contributed by atoms with Gasteiger partial charge in [0.2, 0.25) is 5.91 Å². The van der Waals surface area contributed by atoms with Crippen molar-refractivity contribution in [1.29, 1.82) is 0 Å². The van der Waals surface area contributed by atoms with E-state index in [0.29, 0.717) is 13.0 Å². The molecule has 5 nitrogen and oxygen atoms in total. The molecule has 2 aliphatic rings. The number of ether oxygens (including phenoxy) is 1. The monoisotopic (exact) mass is 397 g/mol. The van der Waals surface area contributed by atoms with E-state index < -0.39 is 0 Å². The molecule has 2 aromatic rings. The molecule has 29 heavy (non-hydrogen) atoms. The predicted molar refractivity (Wildman–Crippen MR) is 109 cm³/mol. The number of benzene rings is 1. The number of likely N-dealkylation sites (tertiary alicyclic amines) is 1. The van der Waals surface area contributed by atoms with Gasteiger partial charge in [-0.3, -0.25) is 14.7 Å². The average molecular weight is 397 g/mol. The Bertz CT molecular complexity index is 805. The molecule has 0 unspecified atom stereocenters. The third-order valence-electron chi connectivity index (χ3n) is 6.23. The summed E-state index contributed by atoms with van der Waals surface area (Å²) in [5.74, 6) is 0.00839. The molecule has 1 spiro atoms. The Morgan fingerprint density at radius 2 is 1.90 bits per heavy atom. The molecule has 0 bridgehead atoms. The van der Waals surface area contributed by atoms with Gasteiger partial charge >= 0.3 is 0 Å². The number of halogens is 1. The number of carbonyl (C=O) groups is 1. The van der Waals surface area contributed by atoms with Gasteiger partial charge in [0.1, 0.15) is 5.82 Å². The Hall–Kier alpha value is -2.31. The maximum atomic E-state index is 13.2. The van der Waals surface area contributed by atoms with Gasteiger partial charge in [0.05, 0.1) is 13.2 Å². The molecule has 1 amide bonds. The molecule has 4 rings (SSSR count). The minimum atomic E-state index is -0.205. The molecule has 154 valence electrons. The van der Waals surface area contributed by atoms with Crippen molar-refractivity contribution >= 4 is 5.91 Å². The van der Waals surface area contributed by atoms with Crippen LogP contribution in [0.15, 0.2) is 48.8 Å². The fourth-order valence-electron chi connectivity index (χ4n) is 4.41. The maximum Gasteiger partial charge on any atom is 0.222 e. The fourth-order valence-corrected chi connectivity index (χ4v) is 4.41. The summed E-state index contributed by atoms with van der Waals surface area (Å²) >= 11 is 0. The minimum Gasteiger partial charge on any atom is -0.378 e. The van der Waals surface area contributed by atoms with E-state index in [9.17, 15) is 9.18 Å². The van der Waals surface area contributed by atoms with E-state index in [1.165, 1.54) is 12.1 Å². The van der Waals surface area contributed by atoms with Gasteiger partial charge in [-0.2, -0.15) is 0 Å². The normalized spacial score (nSPS) is 19.4. The van der Waals surface area contributed by atoms with Crippen molar-refractivity contribution in [2.45, 2.75) is 37.8 Å². The van der Waals surface area contributed by atoms with Gasteiger partial charge in [-0.05, 0) is 48.6 Å². The van der Waals surface area contributed by atoms with E-state index in [1.807, 2.05) is 35.4 Å². The van der Waals surface area contributed by atoms with Gasteiger partial charge in [0.15, 0.2) is 0 Å². The highest BCUT2D eigenvalue weighted by molar-refractivity contribution is 5.76. The number of piperidine rings is 1. The first-order valence-corrected chi connectivity index (χ1v) is 10.4. The van der Waals surface area contributed by atoms with Crippen molar-refractivity contribution in [3.8, 4) is 0 Å². The summed E-state index contributed by atoms with van der Waals surface area (Å²) in [6.07, 6.45) is 6.65. The summed E-state index contributed by atoms with van der Waals surface area (Å²) in [4.78, 5) is 21.3. The molecular weight excluding hydrogens is 369 g/mol. The van der Waals surface area contributed by atoms with Crippen LogP contribution in [0.5, 0.6) is 0 Å². The van der Waals surface area contributed by atoms with Gasteiger partial charge in [0, 0.05) is 50.5 Å². The smallest absolute Gasteiger partial charge is 0.222 e. The molecule has 1 aromatic heterocycles. The highest BCUT2D eigenvalue weighted by Gasteiger charge is 2.42. The van der Waals surface area contributed by atoms with Crippen LogP contribution in [0.2, 0.25) is 0 Å². The van der Waals surface area contributed by atoms with Crippen LogP contribution in [0.1, 0.15) is 30.4 Å². The second-order valence-corrected chi connectivity index (χ2v) is 8.07. The molecule has 0 atom stereocenters.